The highest BCUT2D eigenvalue weighted by Gasteiger charge is 2.24. The monoisotopic (exact) mass is 429 g/mol. The number of likely N-dealkylation sites (tertiary alicyclic amines) is 1. The van der Waals surface area contributed by atoms with Crippen LogP contribution in [0.25, 0.3) is 0 Å². The number of hydrogen-bond donors (Lipinski definition) is 1. The van der Waals surface area contributed by atoms with E-state index in [-0.39, 0.29) is 10.8 Å². The molecule has 0 spiro atoms. The Morgan fingerprint density at radius 3 is 2.23 bits per heavy atom. The van der Waals surface area contributed by atoms with Gasteiger partial charge in [-0.15, -0.1) is 0 Å². The highest BCUT2D eigenvalue weighted by atomic mass is 32.2. The fourth-order valence-corrected chi connectivity index (χ4v) is 5.30. The SMILES string of the molecule is C[C@H]1C[C@H](C)CN(CC(=O)Nc2ccc(S(=O)(=O)N(C)Cc3ccccc3)cc2)C1. The lowest BCUT2D eigenvalue weighted by molar-refractivity contribution is -0.117. The molecule has 162 valence electrons. The van der Waals surface area contributed by atoms with Crippen LogP contribution in [0.3, 0.4) is 0 Å². The van der Waals surface area contributed by atoms with Crippen molar-refractivity contribution in [2.75, 3.05) is 32.0 Å². The molecule has 0 radical (unpaired) electrons. The molecular formula is C23H31N3O3S. The largest absolute Gasteiger partial charge is 0.325 e. The molecule has 0 aliphatic carbocycles. The number of anilines is 1. The van der Waals surface area contributed by atoms with Gasteiger partial charge in [0.15, 0.2) is 0 Å². The number of nitrogens with zero attached hydrogens (tertiary/aromatic N) is 2. The smallest absolute Gasteiger partial charge is 0.243 e. The van der Waals surface area contributed by atoms with Crippen molar-refractivity contribution in [1.82, 2.24) is 9.21 Å². The van der Waals surface area contributed by atoms with Crippen LogP contribution in [0.4, 0.5) is 5.69 Å². The van der Waals surface area contributed by atoms with Gasteiger partial charge in [0.2, 0.25) is 15.9 Å². The lowest BCUT2D eigenvalue weighted by Crippen LogP contribution is -2.42. The van der Waals surface area contributed by atoms with E-state index >= 15 is 0 Å². The molecule has 1 aliphatic rings. The standard InChI is InChI=1S/C23H31N3O3S/c1-18-13-19(2)15-26(14-18)17-23(27)24-21-9-11-22(12-10-21)30(28,29)25(3)16-20-7-5-4-6-8-20/h4-12,18-19H,13-17H2,1-3H3,(H,24,27)/t18-,19-/m0/s1. The number of hydrogen-bond acceptors (Lipinski definition) is 4. The summed E-state index contributed by atoms with van der Waals surface area (Å²) in [7, 11) is -2.04. The van der Waals surface area contributed by atoms with Crippen LogP contribution in [-0.4, -0.2) is 50.2 Å². The summed E-state index contributed by atoms with van der Waals surface area (Å²) in [4.78, 5) is 14.8. The zero-order valence-corrected chi connectivity index (χ0v) is 18.7. The van der Waals surface area contributed by atoms with Gasteiger partial charge in [0.05, 0.1) is 11.4 Å². The normalized spacial score (nSPS) is 20.3. The maximum absolute atomic E-state index is 12.8. The number of piperidine rings is 1. The molecule has 30 heavy (non-hydrogen) atoms. The summed E-state index contributed by atoms with van der Waals surface area (Å²) in [5.74, 6) is 1.12. The first kappa shape index (κ1) is 22.5. The Bertz CT molecular complexity index is 935. The van der Waals surface area contributed by atoms with Gasteiger partial charge in [0, 0.05) is 32.4 Å². The first-order valence-corrected chi connectivity index (χ1v) is 11.8. The van der Waals surface area contributed by atoms with Crippen molar-refractivity contribution < 1.29 is 13.2 Å². The van der Waals surface area contributed by atoms with Crippen LogP contribution in [0.15, 0.2) is 59.5 Å². The Hall–Kier alpha value is -2.22. The molecule has 1 N–H and O–H groups in total. The van der Waals surface area contributed by atoms with E-state index < -0.39 is 10.0 Å². The van der Waals surface area contributed by atoms with Crippen LogP contribution in [0.1, 0.15) is 25.8 Å². The summed E-state index contributed by atoms with van der Waals surface area (Å²) in [5.41, 5.74) is 1.52. The quantitative estimate of drug-likeness (QED) is 0.732. The van der Waals surface area contributed by atoms with Crippen molar-refractivity contribution >= 4 is 21.6 Å². The fraction of sp³-hybridized carbons (Fsp3) is 0.435. The zero-order valence-electron chi connectivity index (χ0n) is 17.9. The molecule has 1 fully saturated rings. The van der Waals surface area contributed by atoms with E-state index in [1.165, 1.54) is 22.9 Å². The molecule has 7 heteroatoms. The summed E-state index contributed by atoms with van der Waals surface area (Å²) in [6.07, 6.45) is 1.20. The second-order valence-electron chi connectivity index (χ2n) is 8.46. The van der Waals surface area contributed by atoms with Gasteiger partial charge in [-0.3, -0.25) is 9.69 Å². The maximum atomic E-state index is 12.8. The van der Waals surface area contributed by atoms with E-state index in [0.29, 0.717) is 30.6 Å². The summed E-state index contributed by atoms with van der Waals surface area (Å²) < 4.78 is 27.0. The van der Waals surface area contributed by atoms with E-state index in [1.807, 2.05) is 30.3 Å². The van der Waals surface area contributed by atoms with Crippen LogP contribution in [0, 0.1) is 11.8 Å². The minimum absolute atomic E-state index is 0.0758. The molecule has 1 aliphatic heterocycles. The van der Waals surface area contributed by atoms with Crippen molar-refractivity contribution in [2.24, 2.45) is 11.8 Å². The van der Waals surface area contributed by atoms with Gasteiger partial charge in [0.25, 0.3) is 0 Å². The van der Waals surface area contributed by atoms with Gasteiger partial charge in [-0.25, -0.2) is 8.42 Å². The molecule has 1 saturated heterocycles. The molecule has 0 aromatic heterocycles. The molecule has 3 rings (SSSR count). The second-order valence-corrected chi connectivity index (χ2v) is 10.5. The average molecular weight is 430 g/mol. The Morgan fingerprint density at radius 2 is 1.63 bits per heavy atom. The van der Waals surface area contributed by atoms with E-state index in [0.717, 1.165) is 18.7 Å². The van der Waals surface area contributed by atoms with Crippen molar-refractivity contribution in [3.8, 4) is 0 Å². The third kappa shape index (κ3) is 5.90. The first-order chi connectivity index (χ1) is 14.2. The maximum Gasteiger partial charge on any atom is 0.243 e. The van der Waals surface area contributed by atoms with Gasteiger partial charge in [-0.1, -0.05) is 44.2 Å². The number of nitrogens with one attached hydrogen (secondary N) is 1. The minimum atomic E-state index is -3.60. The van der Waals surface area contributed by atoms with E-state index in [4.69, 9.17) is 0 Å². The lowest BCUT2D eigenvalue weighted by atomic mass is 9.92. The average Bonchev–Trinajstić information content (AvgIpc) is 2.68. The Labute approximate surface area is 179 Å². The fourth-order valence-electron chi connectivity index (χ4n) is 4.14. The van der Waals surface area contributed by atoms with Crippen LogP contribution in [0.2, 0.25) is 0 Å². The summed E-state index contributed by atoms with van der Waals surface area (Å²) in [5, 5.41) is 2.88. The van der Waals surface area contributed by atoms with Gasteiger partial charge in [-0.2, -0.15) is 4.31 Å². The van der Waals surface area contributed by atoms with Gasteiger partial charge < -0.3 is 5.32 Å². The van der Waals surface area contributed by atoms with Crippen LogP contribution >= 0.6 is 0 Å². The molecule has 0 saturated carbocycles. The highest BCUT2D eigenvalue weighted by molar-refractivity contribution is 7.89. The molecule has 0 bridgehead atoms. The number of sulfonamides is 1. The number of amides is 1. The third-order valence-electron chi connectivity index (χ3n) is 5.41. The van der Waals surface area contributed by atoms with Crippen molar-refractivity contribution in [1.29, 1.82) is 0 Å². The predicted octanol–water partition coefficient (Wildman–Crippen LogP) is 3.42. The Kier molecular flexibility index (Phi) is 7.28. The van der Waals surface area contributed by atoms with Crippen LogP contribution < -0.4 is 5.32 Å². The summed E-state index contributed by atoms with van der Waals surface area (Å²) in [6, 6.07) is 15.8. The molecular weight excluding hydrogens is 398 g/mol. The first-order valence-electron chi connectivity index (χ1n) is 10.4. The highest BCUT2D eigenvalue weighted by Crippen LogP contribution is 2.21. The topological polar surface area (TPSA) is 69.7 Å². The van der Waals surface area contributed by atoms with Gasteiger partial charge in [-0.05, 0) is 48.1 Å². The van der Waals surface area contributed by atoms with Crippen molar-refractivity contribution in [3.05, 3.63) is 60.2 Å². The summed E-state index contributed by atoms with van der Waals surface area (Å²) in [6.45, 7) is 6.96. The molecule has 1 heterocycles. The number of carbonyl (C=O) groups excluding carboxylic acids is 1. The predicted molar refractivity (Wildman–Crippen MR) is 120 cm³/mol. The second kappa shape index (κ2) is 9.73. The molecule has 6 nitrogen and oxygen atoms in total. The van der Waals surface area contributed by atoms with Gasteiger partial charge in [0.1, 0.15) is 0 Å². The van der Waals surface area contributed by atoms with Gasteiger partial charge >= 0.3 is 0 Å². The molecule has 0 unspecified atom stereocenters. The van der Waals surface area contributed by atoms with Crippen LogP contribution in [-0.2, 0) is 21.4 Å². The number of carbonyl (C=O) groups is 1. The van der Waals surface area contributed by atoms with E-state index in [1.54, 1.807) is 19.2 Å². The third-order valence-corrected chi connectivity index (χ3v) is 7.22. The van der Waals surface area contributed by atoms with Crippen molar-refractivity contribution in [3.63, 3.8) is 0 Å². The molecule has 2 aromatic rings. The number of benzene rings is 2. The zero-order chi connectivity index (χ0) is 21.7. The Morgan fingerprint density at radius 1 is 1.03 bits per heavy atom. The van der Waals surface area contributed by atoms with Crippen molar-refractivity contribution in [2.45, 2.75) is 31.7 Å². The summed E-state index contributed by atoms with van der Waals surface area (Å²) >= 11 is 0. The molecule has 1 amide bonds. The molecule has 2 atom stereocenters. The van der Waals surface area contributed by atoms with E-state index in [9.17, 15) is 13.2 Å². The van der Waals surface area contributed by atoms with Crippen LogP contribution in [0.5, 0.6) is 0 Å². The lowest BCUT2D eigenvalue weighted by Gasteiger charge is -2.34. The number of rotatable bonds is 7. The Balaban J connectivity index is 1.59. The van der Waals surface area contributed by atoms with E-state index in [2.05, 4.69) is 24.1 Å². The molecule has 2 aromatic carbocycles. The minimum Gasteiger partial charge on any atom is -0.325 e.